The molecule has 1 aromatic carbocycles. The molecule has 2 atom stereocenters. The first-order valence-electron chi connectivity index (χ1n) is 8.41. The molecule has 2 unspecified atom stereocenters. The van der Waals surface area contributed by atoms with Gasteiger partial charge < -0.3 is 14.6 Å². The number of nitrogens with zero attached hydrogens (tertiary/aromatic N) is 1. The van der Waals surface area contributed by atoms with Gasteiger partial charge in [-0.2, -0.15) is 0 Å². The Labute approximate surface area is 136 Å². The minimum Gasteiger partial charge on any atom is -0.461 e. The molecule has 2 aliphatic rings. The summed E-state index contributed by atoms with van der Waals surface area (Å²) in [6.07, 6.45) is 2.43. The number of carbonyl (C=O) groups excluding carboxylic acids is 1. The molecule has 2 saturated heterocycles. The number of fused-ring (bicyclic) bond motifs is 1. The monoisotopic (exact) mass is 310 g/mol. The van der Waals surface area contributed by atoms with Crippen molar-refractivity contribution in [3.63, 3.8) is 0 Å². The summed E-state index contributed by atoms with van der Waals surface area (Å²) >= 11 is 0. The molecule has 1 N–H and O–H groups in total. The first-order valence-corrected chi connectivity index (χ1v) is 8.41. The maximum atomic E-state index is 13.0. The van der Waals surface area contributed by atoms with E-state index >= 15 is 0 Å². The smallest absolute Gasteiger partial charge is 0.257 e. The van der Waals surface area contributed by atoms with Crippen LogP contribution in [0.15, 0.2) is 40.8 Å². The standard InChI is InChI=1S/C19H22N2O2/c1-13-10-16(18(23-13)14-6-3-2-4-7-14)19(22)21-11-15-8-5-9-20-17(15)12-21/h2-4,6-7,10,15,17,20H,5,8-9,11-12H2,1H3. The number of benzene rings is 1. The topological polar surface area (TPSA) is 45.5 Å². The van der Waals surface area contributed by atoms with E-state index in [9.17, 15) is 4.79 Å². The van der Waals surface area contributed by atoms with Crippen LogP contribution in [0, 0.1) is 12.8 Å². The molecule has 2 aliphatic heterocycles. The van der Waals surface area contributed by atoms with E-state index in [2.05, 4.69) is 5.32 Å². The van der Waals surface area contributed by atoms with E-state index in [1.165, 1.54) is 12.8 Å². The van der Waals surface area contributed by atoms with Crippen LogP contribution in [-0.2, 0) is 0 Å². The number of likely N-dealkylation sites (tertiary alicyclic amines) is 1. The zero-order valence-electron chi connectivity index (χ0n) is 13.4. The average Bonchev–Trinajstić information content (AvgIpc) is 3.18. The van der Waals surface area contributed by atoms with Crippen LogP contribution >= 0.6 is 0 Å². The lowest BCUT2D eigenvalue weighted by atomic mass is 9.94. The van der Waals surface area contributed by atoms with Crippen LogP contribution in [0.2, 0.25) is 0 Å². The molecule has 1 aromatic heterocycles. The van der Waals surface area contributed by atoms with Crippen molar-refractivity contribution in [2.45, 2.75) is 25.8 Å². The first-order chi connectivity index (χ1) is 11.2. The third kappa shape index (κ3) is 2.68. The van der Waals surface area contributed by atoms with Gasteiger partial charge in [-0.1, -0.05) is 30.3 Å². The highest BCUT2D eigenvalue weighted by molar-refractivity contribution is 6.00. The number of amides is 1. The summed E-state index contributed by atoms with van der Waals surface area (Å²) in [5, 5.41) is 3.55. The van der Waals surface area contributed by atoms with Gasteiger partial charge in [0.05, 0.1) is 5.56 Å². The quantitative estimate of drug-likeness (QED) is 0.927. The Balaban J connectivity index is 1.62. The average molecular weight is 310 g/mol. The summed E-state index contributed by atoms with van der Waals surface area (Å²) in [6.45, 7) is 4.63. The van der Waals surface area contributed by atoms with Gasteiger partial charge in [-0.15, -0.1) is 0 Å². The molecule has 120 valence electrons. The van der Waals surface area contributed by atoms with Crippen LogP contribution < -0.4 is 5.32 Å². The van der Waals surface area contributed by atoms with Gasteiger partial charge in [-0.05, 0) is 38.3 Å². The van der Waals surface area contributed by atoms with Crippen molar-refractivity contribution >= 4 is 5.91 Å². The zero-order chi connectivity index (χ0) is 15.8. The van der Waals surface area contributed by atoms with Gasteiger partial charge in [0.25, 0.3) is 5.91 Å². The van der Waals surface area contributed by atoms with E-state index in [-0.39, 0.29) is 5.91 Å². The van der Waals surface area contributed by atoms with Crippen molar-refractivity contribution in [3.05, 3.63) is 47.7 Å². The zero-order valence-corrected chi connectivity index (χ0v) is 13.4. The Morgan fingerprint density at radius 2 is 2.09 bits per heavy atom. The highest BCUT2D eigenvalue weighted by Crippen LogP contribution is 2.31. The fourth-order valence-electron chi connectivity index (χ4n) is 3.86. The van der Waals surface area contributed by atoms with Crippen molar-refractivity contribution in [2.75, 3.05) is 19.6 Å². The fraction of sp³-hybridized carbons (Fsp3) is 0.421. The molecule has 0 saturated carbocycles. The Morgan fingerprint density at radius 1 is 1.26 bits per heavy atom. The number of furan rings is 1. The van der Waals surface area contributed by atoms with Gasteiger partial charge in [0.1, 0.15) is 11.5 Å². The summed E-state index contributed by atoms with van der Waals surface area (Å²) in [4.78, 5) is 15.0. The number of hydrogen-bond acceptors (Lipinski definition) is 3. The molecule has 4 nitrogen and oxygen atoms in total. The van der Waals surface area contributed by atoms with Gasteiger partial charge in [0.15, 0.2) is 0 Å². The molecular weight excluding hydrogens is 288 g/mol. The van der Waals surface area contributed by atoms with Crippen LogP contribution in [0.1, 0.15) is 29.0 Å². The number of rotatable bonds is 2. The van der Waals surface area contributed by atoms with Crippen molar-refractivity contribution in [3.8, 4) is 11.3 Å². The lowest BCUT2D eigenvalue weighted by molar-refractivity contribution is 0.0786. The molecular formula is C19H22N2O2. The van der Waals surface area contributed by atoms with Gasteiger partial charge in [-0.25, -0.2) is 0 Å². The molecule has 3 heterocycles. The predicted molar refractivity (Wildman–Crippen MR) is 89.3 cm³/mol. The largest absolute Gasteiger partial charge is 0.461 e. The van der Waals surface area contributed by atoms with E-state index in [4.69, 9.17) is 4.42 Å². The van der Waals surface area contributed by atoms with Crippen LogP contribution in [0.25, 0.3) is 11.3 Å². The highest BCUT2D eigenvalue weighted by Gasteiger charge is 2.37. The number of piperidine rings is 1. The molecule has 2 fully saturated rings. The summed E-state index contributed by atoms with van der Waals surface area (Å²) in [7, 11) is 0. The van der Waals surface area contributed by atoms with E-state index in [1.807, 2.05) is 48.2 Å². The molecule has 1 amide bonds. The SMILES string of the molecule is Cc1cc(C(=O)N2CC3CCCNC3C2)c(-c2ccccc2)o1. The molecule has 0 radical (unpaired) electrons. The second kappa shape index (κ2) is 5.85. The summed E-state index contributed by atoms with van der Waals surface area (Å²) in [5.41, 5.74) is 1.64. The lowest BCUT2D eigenvalue weighted by Crippen LogP contribution is -2.41. The molecule has 4 rings (SSSR count). The van der Waals surface area contributed by atoms with Crippen LogP contribution in [0.3, 0.4) is 0 Å². The second-order valence-electron chi connectivity index (χ2n) is 6.64. The Kier molecular flexibility index (Phi) is 3.69. The number of nitrogens with one attached hydrogen (secondary N) is 1. The lowest BCUT2D eigenvalue weighted by Gasteiger charge is -2.24. The van der Waals surface area contributed by atoms with Crippen molar-refractivity contribution < 1.29 is 9.21 Å². The maximum absolute atomic E-state index is 13.0. The maximum Gasteiger partial charge on any atom is 0.257 e. The van der Waals surface area contributed by atoms with Crippen LogP contribution in [0.4, 0.5) is 0 Å². The van der Waals surface area contributed by atoms with Crippen molar-refractivity contribution in [2.24, 2.45) is 5.92 Å². The molecule has 4 heteroatoms. The number of carbonyl (C=O) groups is 1. The van der Waals surface area contributed by atoms with Gasteiger partial charge >= 0.3 is 0 Å². The highest BCUT2D eigenvalue weighted by atomic mass is 16.3. The third-order valence-corrected chi connectivity index (χ3v) is 5.01. The van der Waals surface area contributed by atoms with E-state index in [1.54, 1.807) is 0 Å². The van der Waals surface area contributed by atoms with Crippen molar-refractivity contribution in [1.29, 1.82) is 0 Å². The summed E-state index contributed by atoms with van der Waals surface area (Å²) in [5.74, 6) is 2.16. The van der Waals surface area contributed by atoms with Crippen molar-refractivity contribution in [1.82, 2.24) is 10.2 Å². The van der Waals surface area contributed by atoms with Gasteiger partial charge in [-0.3, -0.25) is 4.79 Å². The minimum absolute atomic E-state index is 0.0944. The van der Waals surface area contributed by atoms with E-state index < -0.39 is 0 Å². The summed E-state index contributed by atoms with van der Waals surface area (Å²) in [6, 6.07) is 12.2. The normalized spacial score (nSPS) is 23.8. The second-order valence-corrected chi connectivity index (χ2v) is 6.64. The molecule has 0 aliphatic carbocycles. The van der Waals surface area contributed by atoms with E-state index in [0.29, 0.717) is 23.3 Å². The summed E-state index contributed by atoms with van der Waals surface area (Å²) < 4.78 is 5.84. The third-order valence-electron chi connectivity index (χ3n) is 5.01. The molecule has 23 heavy (non-hydrogen) atoms. The van der Waals surface area contributed by atoms with Crippen LogP contribution in [-0.4, -0.2) is 36.5 Å². The Bertz CT molecular complexity index is 693. The van der Waals surface area contributed by atoms with Gasteiger partial charge in [0.2, 0.25) is 0 Å². The Hall–Kier alpha value is -2.07. The fourth-order valence-corrected chi connectivity index (χ4v) is 3.86. The van der Waals surface area contributed by atoms with Gasteiger partial charge in [0, 0.05) is 24.7 Å². The molecule has 0 spiro atoms. The Morgan fingerprint density at radius 3 is 2.87 bits per heavy atom. The molecule has 0 bridgehead atoms. The first kappa shape index (κ1) is 14.5. The van der Waals surface area contributed by atoms with Crippen LogP contribution in [0.5, 0.6) is 0 Å². The minimum atomic E-state index is 0.0944. The number of hydrogen-bond donors (Lipinski definition) is 1. The number of aryl methyl sites for hydroxylation is 1. The molecule has 2 aromatic rings. The predicted octanol–water partition coefficient (Wildman–Crippen LogP) is 3.08. The van der Waals surface area contributed by atoms with E-state index in [0.717, 1.165) is 31.0 Å².